The SMILES string of the molecule is CCCc1nsc(-n2cc(Br)cn2)n1. The van der Waals surface area contributed by atoms with Crippen LogP contribution in [0.5, 0.6) is 0 Å². The van der Waals surface area contributed by atoms with Gasteiger partial charge in [-0.2, -0.15) is 9.47 Å². The second kappa shape index (κ2) is 4.18. The van der Waals surface area contributed by atoms with Crippen LogP contribution < -0.4 is 0 Å². The number of aryl methyl sites for hydroxylation is 1. The topological polar surface area (TPSA) is 43.6 Å². The maximum Gasteiger partial charge on any atom is 0.230 e. The number of hydrogen-bond acceptors (Lipinski definition) is 4. The monoisotopic (exact) mass is 272 g/mol. The molecule has 2 rings (SSSR count). The van der Waals surface area contributed by atoms with Crippen LogP contribution in [0.1, 0.15) is 19.2 Å². The van der Waals surface area contributed by atoms with Gasteiger partial charge in [0.2, 0.25) is 5.13 Å². The molecular formula is C8H9BrN4S. The van der Waals surface area contributed by atoms with E-state index in [0.29, 0.717) is 0 Å². The van der Waals surface area contributed by atoms with Gasteiger partial charge < -0.3 is 0 Å². The molecular weight excluding hydrogens is 264 g/mol. The van der Waals surface area contributed by atoms with Gasteiger partial charge in [-0.1, -0.05) is 6.92 Å². The van der Waals surface area contributed by atoms with E-state index in [9.17, 15) is 0 Å². The zero-order valence-electron chi connectivity index (χ0n) is 7.64. The molecule has 0 N–H and O–H groups in total. The van der Waals surface area contributed by atoms with Gasteiger partial charge in [0.15, 0.2) is 0 Å². The number of halogens is 1. The average Bonchev–Trinajstić information content (AvgIpc) is 2.74. The molecule has 0 saturated carbocycles. The van der Waals surface area contributed by atoms with Gasteiger partial charge in [0.25, 0.3) is 0 Å². The Bertz CT molecular complexity index is 422. The van der Waals surface area contributed by atoms with E-state index in [1.165, 1.54) is 11.5 Å². The molecule has 0 unspecified atom stereocenters. The van der Waals surface area contributed by atoms with Crippen LogP contribution in [0.15, 0.2) is 16.9 Å². The van der Waals surface area contributed by atoms with Crippen LogP contribution in [-0.4, -0.2) is 19.1 Å². The van der Waals surface area contributed by atoms with Crippen LogP contribution in [0.3, 0.4) is 0 Å². The van der Waals surface area contributed by atoms with E-state index in [2.05, 4.69) is 37.3 Å². The van der Waals surface area contributed by atoms with Crippen molar-refractivity contribution in [1.29, 1.82) is 0 Å². The Kier molecular flexibility index (Phi) is 2.93. The molecule has 0 bridgehead atoms. The molecule has 0 spiro atoms. The molecule has 14 heavy (non-hydrogen) atoms. The van der Waals surface area contributed by atoms with Crippen molar-refractivity contribution in [2.75, 3.05) is 0 Å². The summed E-state index contributed by atoms with van der Waals surface area (Å²) in [6.45, 7) is 2.12. The largest absolute Gasteiger partial charge is 0.230 e. The second-order valence-corrected chi connectivity index (χ2v) is 4.49. The van der Waals surface area contributed by atoms with Gasteiger partial charge in [0.1, 0.15) is 5.82 Å². The van der Waals surface area contributed by atoms with Crippen LogP contribution in [0.25, 0.3) is 5.13 Å². The van der Waals surface area contributed by atoms with Gasteiger partial charge in [-0.15, -0.1) is 0 Å². The molecule has 2 heterocycles. The molecule has 0 radical (unpaired) electrons. The summed E-state index contributed by atoms with van der Waals surface area (Å²) in [5, 5.41) is 4.96. The molecule has 0 aromatic carbocycles. The van der Waals surface area contributed by atoms with E-state index in [4.69, 9.17) is 0 Å². The zero-order valence-corrected chi connectivity index (χ0v) is 10.0. The van der Waals surface area contributed by atoms with Crippen LogP contribution in [0, 0.1) is 0 Å². The lowest BCUT2D eigenvalue weighted by Gasteiger charge is -1.90. The summed E-state index contributed by atoms with van der Waals surface area (Å²) in [4.78, 5) is 4.37. The van der Waals surface area contributed by atoms with Crippen molar-refractivity contribution in [1.82, 2.24) is 19.1 Å². The standard InChI is InChI=1S/C8H9BrN4S/c1-2-3-7-11-8(14-12-7)13-5-6(9)4-10-13/h4-5H,2-3H2,1H3. The van der Waals surface area contributed by atoms with Crippen LogP contribution >= 0.6 is 27.5 Å². The first kappa shape index (κ1) is 9.79. The molecule has 74 valence electrons. The number of hydrogen-bond donors (Lipinski definition) is 0. The Morgan fingerprint density at radius 2 is 2.43 bits per heavy atom. The molecule has 0 aliphatic heterocycles. The maximum absolute atomic E-state index is 4.37. The quantitative estimate of drug-likeness (QED) is 0.862. The van der Waals surface area contributed by atoms with Crippen LogP contribution in [-0.2, 0) is 6.42 Å². The smallest absolute Gasteiger partial charge is 0.211 e. The van der Waals surface area contributed by atoms with E-state index in [-0.39, 0.29) is 0 Å². The molecule has 2 aromatic rings. The third-order valence-corrected chi connectivity index (χ3v) is 2.83. The molecule has 0 atom stereocenters. The van der Waals surface area contributed by atoms with Crippen molar-refractivity contribution < 1.29 is 0 Å². The summed E-state index contributed by atoms with van der Waals surface area (Å²) in [5.74, 6) is 0.902. The highest BCUT2D eigenvalue weighted by molar-refractivity contribution is 9.10. The fourth-order valence-electron chi connectivity index (χ4n) is 1.07. The summed E-state index contributed by atoms with van der Waals surface area (Å²) < 4.78 is 6.92. The fraction of sp³-hybridized carbons (Fsp3) is 0.375. The van der Waals surface area contributed by atoms with Crippen molar-refractivity contribution >= 4 is 27.5 Å². The predicted molar refractivity (Wildman–Crippen MR) is 58.7 cm³/mol. The highest BCUT2D eigenvalue weighted by atomic mass is 79.9. The summed E-state index contributed by atoms with van der Waals surface area (Å²) >= 11 is 4.71. The van der Waals surface area contributed by atoms with Gasteiger partial charge in [0, 0.05) is 24.2 Å². The number of nitrogens with zero attached hydrogens (tertiary/aromatic N) is 4. The predicted octanol–water partition coefficient (Wildman–Crippen LogP) is 2.44. The first-order chi connectivity index (χ1) is 6.79. The molecule has 0 fully saturated rings. The van der Waals surface area contributed by atoms with Crippen LogP contribution in [0.2, 0.25) is 0 Å². The van der Waals surface area contributed by atoms with E-state index in [0.717, 1.165) is 28.3 Å². The van der Waals surface area contributed by atoms with Crippen molar-refractivity contribution in [2.24, 2.45) is 0 Å². The Hall–Kier alpha value is -0.750. The van der Waals surface area contributed by atoms with Gasteiger partial charge >= 0.3 is 0 Å². The van der Waals surface area contributed by atoms with Gasteiger partial charge in [-0.05, 0) is 22.4 Å². The number of rotatable bonds is 3. The first-order valence-corrected chi connectivity index (χ1v) is 5.89. The Labute approximate surface area is 94.3 Å². The van der Waals surface area contributed by atoms with Crippen molar-refractivity contribution in [2.45, 2.75) is 19.8 Å². The average molecular weight is 273 g/mol. The van der Waals surface area contributed by atoms with E-state index >= 15 is 0 Å². The molecule has 0 saturated heterocycles. The Balaban J connectivity index is 2.24. The van der Waals surface area contributed by atoms with Crippen molar-refractivity contribution in [3.63, 3.8) is 0 Å². The third-order valence-electron chi connectivity index (χ3n) is 1.68. The second-order valence-electron chi connectivity index (χ2n) is 2.85. The first-order valence-electron chi connectivity index (χ1n) is 4.32. The Morgan fingerprint density at radius 1 is 1.57 bits per heavy atom. The summed E-state index contributed by atoms with van der Waals surface area (Å²) in [7, 11) is 0. The van der Waals surface area contributed by atoms with Crippen LogP contribution in [0.4, 0.5) is 0 Å². The fourth-order valence-corrected chi connectivity index (χ4v) is 2.00. The highest BCUT2D eigenvalue weighted by Crippen LogP contribution is 2.14. The van der Waals surface area contributed by atoms with Crippen molar-refractivity contribution in [3.05, 3.63) is 22.7 Å². The van der Waals surface area contributed by atoms with Gasteiger partial charge in [-0.3, -0.25) is 0 Å². The minimum atomic E-state index is 0.819. The summed E-state index contributed by atoms with van der Waals surface area (Å²) in [5.41, 5.74) is 0. The molecule has 4 nitrogen and oxygen atoms in total. The third kappa shape index (κ3) is 2.01. The Morgan fingerprint density at radius 3 is 3.07 bits per heavy atom. The van der Waals surface area contributed by atoms with E-state index in [1.54, 1.807) is 10.9 Å². The lowest BCUT2D eigenvalue weighted by atomic mass is 10.3. The van der Waals surface area contributed by atoms with E-state index < -0.39 is 0 Å². The molecule has 0 amide bonds. The summed E-state index contributed by atoms with van der Waals surface area (Å²) in [6.07, 6.45) is 5.61. The van der Waals surface area contributed by atoms with Gasteiger partial charge in [-0.25, -0.2) is 9.67 Å². The normalized spacial score (nSPS) is 10.7. The molecule has 0 aliphatic rings. The number of aromatic nitrogens is 4. The lowest BCUT2D eigenvalue weighted by Crippen LogP contribution is -1.93. The van der Waals surface area contributed by atoms with E-state index in [1.807, 2.05) is 6.20 Å². The minimum absolute atomic E-state index is 0.819. The zero-order chi connectivity index (χ0) is 9.97. The molecule has 2 aromatic heterocycles. The van der Waals surface area contributed by atoms with Gasteiger partial charge in [0.05, 0.1) is 10.7 Å². The highest BCUT2D eigenvalue weighted by Gasteiger charge is 2.05. The maximum atomic E-state index is 4.37. The molecule has 6 heteroatoms. The summed E-state index contributed by atoms with van der Waals surface area (Å²) in [6, 6.07) is 0. The van der Waals surface area contributed by atoms with Crippen molar-refractivity contribution in [3.8, 4) is 5.13 Å². The molecule has 0 aliphatic carbocycles. The minimum Gasteiger partial charge on any atom is -0.211 e. The lowest BCUT2D eigenvalue weighted by molar-refractivity contribution is 0.825.